The molecule has 0 spiro atoms. The van der Waals surface area contributed by atoms with Crippen LogP contribution in [0.3, 0.4) is 0 Å². The van der Waals surface area contributed by atoms with Gasteiger partial charge in [-0.1, -0.05) is 0 Å². The molecule has 0 amide bonds. The first-order valence-corrected chi connectivity index (χ1v) is 2.96. The first-order valence-electron chi connectivity index (χ1n) is 2.58. The van der Waals surface area contributed by atoms with E-state index in [0.717, 1.165) is 0 Å². The van der Waals surface area contributed by atoms with Gasteiger partial charge in [-0.25, -0.2) is 4.39 Å². The van der Waals surface area contributed by atoms with Gasteiger partial charge in [-0.2, -0.15) is 26.3 Å². The first-order chi connectivity index (χ1) is 5.56. The summed E-state index contributed by atoms with van der Waals surface area (Å²) in [5.74, 6) is -5.98. The fraction of sp³-hybridized carbons (Fsp3) is 1.00. The Balaban J connectivity index is 4.81. The lowest BCUT2D eigenvalue weighted by molar-refractivity contribution is -0.389. The average molecular weight is 234 g/mol. The summed E-state index contributed by atoms with van der Waals surface area (Å²) in [6.07, 6.45) is -5.66. The zero-order valence-corrected chi connectivity index (χ0v) is 6.39. The summed E-state index contributed by atoms with van der Waals surface area (Å²) in [5, 5.41) is -5.52. The van der Waals surface area contributed by atoms with E-state index in [9.17, 15) is 30.7 Å². The van der Waals surface area contributed by atoms with E-state index in [1.807, 2.05) is 0 Å². The van der Waals surface area contributed by atoms with Crippen molar-refractivity contribution in [3.8, 4) is 0 Å². The Labute approximate surface area is 72.4 Å². The molecule has 0 fully saturated rings. The van der Waals surface area contributed by atoms with Crippen LogP contribution in [0.25, 0.3) is 0 Å². The predicted octanol–water partition coefficient (Wildman–Crippen LogP) is 2.99. The SMILES string of the molecule is FCOC(F)(F)C(F)(F)C(F)(F)Cl. The van der Waals surface area contributed by atoms with E-state index in [2.05, 4.69) is 16.3 Å². The normalized spacial score (nSPS) is 14.8. The lowest BCUT2D eigenvalue weighted by Gasteiger charge is -2.27. The molecule has 13 heavy (non-hydrogen) atoms. The third-order valence-electron chi connectivity index (χ3n) is 0.957. The molecule has 9 heteroatoms. The summed E-state index contributed by atoms with van der Waals surface area (Å²) in [5.41, 5.74) is 0. The minimum atomic E-state index is -5.98. The number of halogens is 8. The lowest BCUT2D eigenvalue weighted by atomic mass is 10.3. The summed E-state index contributed by atoms with van der Waals surface area (Å²) >= 11 is 3.68. The molecular formula is C4H2ClF7O. The molecule has 0 unspecified atom stereocenters. The average Bonchev–Trinajstić information content (AvgIpc) is 1.84. The van der Waals surface area contributed by atoms with Crippen LogP contribution in [0.15, 0.2) is 0 Å². The van der Waals surface area contributed by atoms with Crippen molar-refractivity contribution in [2.24, 2.45) is 0 Å². The second-order valence-electron chi connectivity index (χ2n) is 1.84. The van der Waals surface area contributed by atoms with Crippen molar-refractivity contribution in [1.82, 2.24) is 0 Å². The van der Waals surface area contributed by atoms with Crippen LogP contribution in [0.1, 0.15) is 0 Å². The Kier molecular flexibility index (Phi) is 3.42. The molecule has 0 rings (SSSR count). The van der Waals surface area contributed by atoms with E-state index in [-0.39, 0.29) is 0 Å². The van der Waals surface area contributed by atoms with Crippen molar-refractivity contribution in [2.45, 2.75) is 17.4 Å². The summed E-state index contributed by atoms with van der Waals surface area (Å²) in [4.78, 5) is 0. The zero-order chi connectivity index (χ0) is 10.9. The van der Waals surface area contributed by atoms with Crippen LogP contribution in [-0.2, 0) is 4.74 Å². The minimum absolute atomic E-state index is 2.34. The van der Waals surface area contributed by atoms with Crippen LogP contribution in [0.2, 0.25) is 0 Å². The zero-order valence-electron chi connectivity index (χ0n) is 5.64. The molecule has 0 heterocycles. The third-order valence-corrected chi connectivity index (χ3v) is 1.19. The van der Waals surface area contributed by atoms with Crippen molar-refractivity contribution in [2.75, 3.05) is 6.86 Å². The Bertz CT molecular complexity index is 176. The van der Waals surface area contributed by atoms with Gasteiger partial charge in [0.2, 0.25) is 0 Å². The van der Waals surface area contributed by atoms with Gasteiger partial charge in [0.25, 0.3) is 0 Å². The van der Waals surface area contributed by atoms with Gasteiger partial charge >= 0.3 is 17.4 Å². The smallest absolute Gasteiger partial charge is 0.283 e. The maximum absolute atomic E-state index is 12.0. The molecule has 0 aromatic rings. The molecule has 0 atom stereocenters. The highest BCUT2D eigenvalue weighted by Gasteiger charge is 2.72. The lowest BCUT2D eigenvalue weighted by Crippen LogP contribution is -2.52. The monoisotopic (exact) mass is 234 g/mol. The van der Waals surface area contributed by atoms with Crippen molar-refractivity contribution in [3.05, 3.63) is 0 Å². The molecule has 0 aliphatic heterocycles. The van der Waals surface area contributed by atoms with E-state index in [0.29, 0.717) is 0 Å². The number of rotatable bonds is 4. The standard InChI is InChI=1S/C4H2ClF7O/c5-3(9,10)2(7,8)4(11,12)13-1-6/h1H2. The van der Waals surface area contributed by atoms with Gasteiger partial charge in [-0.05, 0) is 11.6 Å². The predicted molar refractivity (Wildman–Crippen MR) is 27.8 cm³/mol. The minimum Gasteiger partial charge on any atom is -0.283 e. The molecular weight excluding hydrogens is 232 g/mol. The van der Waals surface area contributed by atoms with E-state index in [1.54, 1.807) is 0 Å². The van der Waals surface area contributed by atoms with Crippen molar-refractivity contribution < 1.29 is 35.5 Å². The molecule has 80 valence electrons. The fourth-order valence-electron chi connectivity index (χ4n) is 0.324. The molecule has 0 aromatic heterocycles. The van der Waals surface area contributed by atoms with Crippen LogP contribution in [0.4, 0.5) is 30.7 Å². The van der Waals surface area contributed by atoms with E-state index in [1.165, 1.54) is 0 Å². The van der Waals surface area contributed by atoms with Gasteiger partial charge in [0.15, 0.2) is 6.86 Å². The topological polar surface area (TPSA) is 9.23 Å². The molecule has 0 bridgehead atoms. The van der Waals surface area contributed by atoms with Crippen LogP contribution in [-0.4, -0.2) is 24.3 Å². The second-order valence-corrected chi connectivity index (χ2v) is 2.32. The van der Waals surface area contributed by atoms with E-state index < -0.39 is 24.3 Å². The summed E-state index contributed by atoms with van der Waals surface area (Å²) in [7, 11) is 0. The molecule has 0 aliphatic carbocycles. The molecule has 0 aromatic carbocycles. The molecule has 0 radical (unpaired) electrons. The number of hydrogen-bond acceptors (Lipinski definition) is 1. The van der Waals surface area contributed by atoms with Gasteiger partial charge < -0.3 is 0 Å². The fourth-order valence-corrected chi connectivity index (χ4v) is 0.434. The number of alkyl halides is 8. The summed E-state index contributed by atoms with van der Waals surface area (Å²) < 4.78 is 84.7. The molecule has 0 aliphatic rings. The first kappa shape index (κ1) is 12.8. The maximum Gasteiger partial charge on any atom is 0.429 e. The van der Waals surface area contributed by atoms with Crippen LogP contribution in [0.5, 0.6) is 0 Å². The quantitative estimate of drug-likeness (QED) is 0.537. The van der Waals surface area contributed by atoms with Crippen molar-refractivity contribution >= 4 is 11.6 Å². The van der Waals surface area contributed by atoms with Gasteiger partial charge in [0.05, 0.1) is 0 Å². The van der Waals surface area contributed by atoms with Crippen molar-refractivity contribution in [1.29, 1.82) is 0 Å². The van der Waals surface area contributed by atoms with Crippen LogP contribution < -0.4 is 0 Å². The van der Waals surface area contributed by atoms with Gasteiger partial charge in [-0.3, -0.25) is 4.74 Å². The van der Waals surface area contributed by atoms with E-state index in [4.69, 9.17) is 0 Å². The third kappa shape index (κ3) is 2.37. The Morgan fingerprint density at radius 2 is 1.38 bits per heavy atom. The maximum atomic E-state index is 12.0. The molecule has 0 saturated heterocycles. The van der Waals surface area contributed by atoms with Gasteiger partial charge in [-0.15, -0.1) is 0 Å². The number of hydrogen-bond donors (Lipinski definition) is 0. The Hall–Kier alpha value is -0.240. The van der Waals surface area contributed by atoms with Gasteiger partial charge in [0, 0.05) is 0 Å². The molecule has 0 N–H and O–H groups in total. The summed E-state index contributed by atoms with van der Waals surface area (Å²) in [6, 6.07) is 0. The summed E-state index contributed by atoms with van der Waals surface area (Å²) in [6.45, 7) is -2.34. The Morgan fingerprint density at radius 1 is 1.00 bits per heavy atom. The van der Waals surface area contributed by atoms with Crippen LogP contribution in [0, 0.1) is 0 Å². The molecule has 0 saturated carbocycles. The van der Waals surface area contributed by atoms with E-state index >= 15 is 0 Å². The second kappa shape index (κ2) is 3.49. The van der Waals surface area contributed by atoms with Crippen LogP contribution >= 0.6 is 11.6 Å². The van der Waals surface area contributed by atoms with Crippen molar-refractivity contribution in [3.63, 3.8) is 0 Å². The largest absolute Gasteiger partial charge is 0.429 e. The highest BCUT2D eigenvalue weighted by molar-refractivity contribution is 6.22. The number of ether oxygens (including phenoxy) is 1. The molecule has 1 nitrogen and oxygen atoms in total. The van der Waals surface area contributed by atoms with Gasteiger partial charge in [0.1, 0.15) is 0 Å². The Morgan fingerprint density at radius 3 is 1.62 bits per heavy atom. The highest BCUT2D eigenvalue weighted by Crippen LogP contribution is 2.48. The highest BCUT2D eigenvalue weighted by atomic mass is 35.5.